The van der Waals surface area contributed by atoms with Gasteiger partial charge in [0.2, 0.25) is 0 Å². The first-order chi connectivity index (χ1) is 13.5. The second kappa shape index (κ2) is 11.9. The fraction of sp³-hybridized carbons (Fsp3) is 0.850. The summed E-state index contributed by atoms with van der Waals surface area (Å²) in [6.07, 6.45) is 2.08. The van der Waals surface area contributed by atoms with Gasteiger partial charge >= 0.3 is 6.09 Å². The summed E-state index contributed by atoms with van der Waals surface area (Å²) < 4.78 is 11.0. The first-order valence-corrected chi connectivity index (χ1v) is 10.4. The normalized spacial score (nSPS) is 19.1. The molecule has 0 aromatic heterocycles. The van der Waals surface area contributed by atoms with Gasteiger partial charge in [-0.15, -0.1) is 0 Å². The van der Waals surface area contributed by atoms with Crippen molar-refractivity contribution in [2.75, 3.05) is 45.9 Å². The Morgan fingerprint density at radius 1 is 1.29 bits per heavy atom. The summed E-state index contributed by atoms with van der Waals surface area (Å²) in [5, 5.41) is 12.2. The van der Waals surface area contributed by atoms with Gasteiger partial charge in [0.1, 0.15) is 0 Å². The number of nitrogens with one attached hydrogen (secondary N) is 1. The molecule has 2 heterocycles. The molecule has 8 nitrogen and oxygen atoms in total. The molecule has 1 unspecified atom stereocenters. The Morgan fingerprint density at radius 3 is 2.57 bits per heavy atom. The number of carbonyl (C=O) groups is 2. The molecule has 28 heavy (non-hydrogen) atoms. The van der Waals surface area contributed by atoms with Gasteiger partial charge in [-0.2, -0.15) is 5.26 Å². The number of nitrogens with zero attached hydrogens (tertiary/aromatic N) is 3. The first-order valence-electron chi connectivity index (χ1n) is 10.4. The zero-order chi connectivity index (χ0) is 20.4. The fourth-order valence-corrected chi connectivity index (χ4v) is 3.67. The van der Waals surface area contributed by atoms with E-state index in [4.69, 9.17) is 14.7 Å². The summed E-state index contributed by atoms with van der Waals surface area (Å²) in [5.41, 5.74) is 0. The van der Waals surface area contributed by atoms with Gasteiger partial charge in [-0.3, -0.25) is 4.79 Å². The Kier molecular flexibility index (Phi) is 9.51. The van der Waals surface area contributed by atoms with Gasteiger partial charge in [0.05, 0.1) is 19.3 Å². The number of amides is 2. The molecule has 158 valence electrons. The van der Waals surface area contributed by atoms with E-state index in [2.05, 4.69) is 11.4 Å². The molecular weight excluding hydrogens is 360 g/mol. The highest BCUT2D eigenvalue weighted by Gasteiger charge is 2.34. The van der Waals surface area contributed by atoms with E-state index in [1.807, 2.05) is 18.7 Å². The molecule has 0 aromatic rings. The first kappa shape index (κ1) is 22.4. The second-order valence-corrected chi connectivity index (χ2v) is 7.88. The maximum Gasteiger partial charge on any atom is 0.410 e. The van der Waals surface area contributed by atoms with Crippen molar-refractivity contribution < 1.29 is 19.1 Å². The molecule has 2 amide bonds. The molecule has 0 bridgehead atoms. The number of carbonyl (C=O) groups excluding carboxylic acids is 2. The van der Waals surface area contributed by atoms with Crippen LogP contribution in [0.25, 0.3) is 0 Å². The van der Waals surface area contributed by atoms with Crippen LogP contribution in [0.1, 0.15) is 46.0 Å². The van der Waals surface area contributed by atoms with Crippen LogP contribution in [0, 0.1) is 17.2 Å². The molecule has 1 N–H and O–H groups in total. The molecule has 0 saturated carbocycles. The number of ether oxygens (including phenoxy) is 2. The van der Waals surface area contributed by atoms with Crippen molar-refractivity contribution in [1.82, 2.24) is 15.1 Å². The van der Waals surface area contributed by atoms with Crippen LogP contribution >= 0.6 is 0 Å². The summed E-state index contributed by atoms with van der Waals surface area (Å²) in [6, 6.07) is 2.28. The molecule has 0 aliphatic carbocycles. The van der Waals surface area contributed by atoms with Gasteiger partial charge in [-0.1, -0.05) is 13.8 Å². The zero-order valence-electron chi connectivity index (χ0n) is 17.2. The smallest absolute Gasteiger partial charge is 0.410 e. The van der Waals surface area contributed by atoms with Crippen LogP contribution in [-0.2, 0) is 14.3 Å². The lowest BCUT2D eigenvalue weighted by Gasteiger charge is -2.37. The van der Waals surface area contributed by atoms with E-state index in [1.54, 1.807) is 4.90 Å². The van der Waals surface area contributed by atoms with Crippen LogP contribution in [0.4, 0.5) is 4.79 Å². The van der Waals surface area contributed by atoms with Gasteiger partial charge < -0.3 is 24.6 Å². The molecule has 8 heteroatoms. The van der Waals surface area contributed by atoms with Crippen molar-refractivity contribution in [3.8, 4) is 6.07 Å². The number of hydrogen-bond acceptors (Lipinski definition) is 6. The van der Waals surface area contributed by atoms with Crippen LogP contribution in [0.15, 0.2) is 0 Å². The third kappa shape index (κ3) is 6.95. The van der Waals surface area contributed by atoms with Gasteiger partial charge in [0.15, 0.2) is 6.10 Å². The van der Waals surface area contributed by atoms with Crippen LogP contribution < -0.4 is 5.32 Å². The molecule has 2 aliphatic heterocycles. The largest absolute Gasteiger partial charge is 0.436 e. The SMILES string of the molecule is CC(C)CC(OC(=O)N1CCOCC1)C(=O)N(CCCC#N)C1CCNCC1. The lowest BCUT2D eigenvalue weighted by atomic mass is 10.0. The van der Waals surface area contributed by atoms with Gasteiger partial charge in [0, 0.05) is 32.1 Å². The average Bonchev–Trinajstić information content (AvgIpc) is 2.71. The van der Waals surface area contributed by atoms with E-state index in [0.717, 1.165) is 25.9 Å². The zero-order valence-corrected chi connectivity index (χ0v) is 17.2. The molecule has 0 radical (unpaired) electrons. The van der Waals surface area contributed by atoms with E-state index < -0.39 is 12.2 Å². The quantitative estimate of drug-likeness (QED) is 0.630. The Labute approximate surface area is 168 Å². The van der Waals surface area contributed by atoms with Crippen molar-refractivity contribution >= 4 is 12.0 Å². The van der Waals surface area contributed by atoms with Gasteiger partial charge in [0.25, 0.3) is 5.91 Å². The number of rotatable bonds is 8. The lowest BCUT2D eigenvalue weighted by molar-refractivity contribution is -0.145. The maximum absolute atomic E-state index is 13.4. The summed E-state index contributed by atoms with van der Waals surface area (Å²) >= 11 is 0. The lowest BCUT2D eigenvalue weighted by Crippen LogP contribution is -2.52. The van der Waals surface area contributed by atoms with Crippen LogP contribution in [-0.4, -0.2) is 79.9 Å². The maximum atomic E-state index is 13.4. The Bertz CT molecular complexity index is 537. The monoisotopic (exact) mass is 394 g/mol. The molecule has 2 rings (SSSR count). The standard InChI is InChI=1S/C20H34N4O4/c1-16(2)15-18(28-20(26)23-11-13-27-14-12-23)19(25)24(10-4-3-7-21)17-5-8-22-9-6-17/h16-18,22H,3-6,8-15H2,1-2H3. The molecule has 0 spiro atoms. The van der Waals surface area contributed by atoms with Crippen LogP contribution in [0.3, 0.4) is 0 Å². The predicted molar refractivity (Wildman–Crippen MR) is 105 cm³/mol. The van der Waals surface area contributed by atoms with Crippen molar-refractivity contribution in [1.29, 1.82) is 5.26 Å². The number of morpholine rings is 1. The third-order valence-corrected chi connectivity index (χ3v) is 5.19. The van der Waals surface area contributed by atoms with Crippen molar-refractivity contribution in [2.24, 2.45) is 5.92 Å². The number of hydrogen-bond donors (Lipinski definition) is 1. The summed E-state index contributed by atoms with van der Waals surface area (Å²) in [7, 11) is 0. The molecule has 1 atom stereocenters. The number of unbranched alkanes of at least 4 members (excludes halogenated alkanes) is 1. The minimum atomic E-state index is -0.785. The summed E-state index contributed by atoms with van der Waals surface area (Å²) in [5.74, 6) is 0.0977. The fourth-order valence-electron chi connectivity index (χ4n) is 3.67. The second-order valence-electron chi connectivity index (χ2n) is 7.88. The number of nitriles is 1. The molecule has 2 aliphatic rings. The third-order valence-electron chi connectivity index (χ3n) is 5.19. The minimum absolute atomic E-state index is 0.125. The van der Waals surface area contributed by atoms with Gasteiger partial charge in [-0.25, -0.2) is 4.79 Å². The summed E-state index contributed by atoms with van der Waals surface area (Å²) in [4.78, 5) is 29.4. The number of piperidine rings is 1. The van der Waals surface area contributed by atoms with Crippen LogP contribution in [0.5, 0.6) is 0 Å². The Balaban J connectivity index is 2.08. The van der Waals surface area contributed by atoms with Crippen molar-refractivity contribution in [2.45, 2.75) is 58.1 Å². The topological polar surface area (TPSA) is 94.9 Å². The van der Waals surface area contributed by atoms with E-state index in [1.165, 1.54) is 0 Å². The van der Waals surface area contributed by atoms with E-state index in [0.29, 0.717) is 52.1 Å². The molecule has 2 saturated heterocycles. The molecule has 2 fully saturated rings. The highest BCUT2D eigenvalue weighted by molar-refractivity contribution is 5.84. The van der Waals surface area contributed by atoms with Crippen molar-refractivity contribution in [3.63, 3.8) is 0 Å². The van der Waals surface area contributed by atoms with Gasteiger partial charge in [-0.05, 0) is 44.7 Å². The predicted octanol–water partition coefficient (Wildman–Crippen LogP) is 1.75. The van der Waals surface area contributed by atoms with E-state index >= 15 is 0 Å². The molecular formula is C20H34N4O4. The highest BCUT2D eigenvalue weighted by Crippen LogP contribution is 2.19. The Hall–Kier alpha value is -1.85. The Morgan fingerprint density at radius 2 is 1.96 bits per heavy atom. The average molecular weight is 395 g/mol. The van der Waals surface area contributed by atoms with E-state index in [9.17, 15) is 9.59 Å². The summed E-state index contributed by atoms with van der Waals surface area (Å²) in [6.45, 7) is 8.27. The van der Waals surface area contributed by atoms with E-state index in [-0.39, 0.29) is 17.9 Å². The molecule has 0 aromatic carbocycles. The highest BCUT2D eigenvalue weighted by atomic mass is 16.6. The van der Waals surface area contributed by atoms with Crippen molar-refractivity contribution in [3.05, 3.63) is 0 Å². The minimum Gasteiger partial charge on any atom is -0.436 e. The van der Waals surface area contributed by atoms with Crippen LogP contribution in [0.2, 0.25) is 0 Å².